The van der Waals surface area contributed by atoms with Crippen molar-refractivity contribution in [2.75, 3.05) is 26.2 Å². The van der Waals surface area contributed by atoms with Crippen molar-refractivity contribution in [3.8, 4) is 11.1 Å². The van der Waals surface area contributed by atoms with E-state index < -0.39 is 17.7 Å². The Morgan fingerprint density at radius 2 is 1.74 bits per heavy atom. The molecule has 3 heterocycles. The van der Waals surface area contributed by atoms with Gasteiger partial charge in [0.15, 0.2) is 0 Å². The SMILES string of the molecule is Cc1c(F)cccc1Cc1c(-c2ccccc2)c2ccccn2c1C(=O)N1CCN(C(=O)OC(C)(C)C)C(CCO)C1. The summed E-state index contributed by atoms with van der Waals surface area (Å²) in [5.74, 6) is -0.454. The third-order valence-electron chi connectivity index (χ3n) is 7.82. The average Bonchev–Trinajstić information content (AvgIpc) is 3.28. The third kappa shape index (κ3) is 5.90. The van der Waals surface area contributed by atoms with Crippen LogP contribution in [0.3, 0.4) is 0 Å². The van der Waals surface area contributed by atoms with Gasteiger partial charge < -0.3 is 24.0 Å². The first-order valence-electron chi connectivity index (χ1n) is 14.4. The minimum atomic E-state index is -0.656. The zero-order chi connectivity index (χ0) is 30.0. The lowest BCUT2D eigenvalue weighted by molar-refractivity contribution is -0.00414. The van der Waals surface area contributed by atoms with Crippen LogP contribution in [-0.2, 0) is 11.2 Å². The fourth-order valence-electron chi connectivity index (χ4n) is 5.77. The lowest BCUT2D eigenvalue weighted by Crippen LogP contribution is -2.57. The van der Waals surface area contributed by atoms with Crippen LogP contribution in [0, 0.1) is 12.7 Å². The smallest absolute Gasteiger partial charge is 0.410 e. The second kappa shape index (κ2) is 12.0. The molecule has 1 unspecified atom stereocenters. The number of carbonyl (C=O) groups excluding carboxylic acids is 2. The Morgan fingerprint density at radius 3 is 2.45 bits per heavy atom. The van der Waals surface area contributed by atoms with Gasteiger partial charge in [-0.1, -0.05) is 48.5 Å². The molecule has 0 spiro atoms. The molecule has 1 fully saturated rings. The summed E-state index contributed by atoms with van der Waals surface area (Å²) in [4.78, 5) is 30.9. The van der Waals surface area contributed by atoms with Crippen LogP contribution in [0.15, 0.2) is 72.9 Å². The van der Waals surface area contributed by atoms with E-state index in [1.807, 2.05) is 86.0 Å². The maximum Gasteiger partial charge on any atom is 0.410 e. The lowest BCUT2D eigenvalue weighted by atomic mass is 9.93. The van der Waals surface area contributed by atoms with Crippen LogP contribution in [0.4, 0.5) is 9.18 Å². The minimum absolute atomic E-state index is 0.123. The second-order valence-electron chi connectivity index (χ2n) is 11.8. The van der Waals surface area contributed by atoms with Crippen molar-refractivity contribution in [1.82, 2.24) is 14.2 Å². The Hall–Kier alpha value is -4.17. The van der Waals surface area contributed by atoms with Crippen LogP contribution in [0.5, 0.6) is 0 Å². The third-order valence-corrected chi connectivity index (χ3v) is 7.82. The molecule has 5 rings (SSSR count). The summed E-state index contributed by atoms with van der Waals surface area (Å²) in [7, 11) is 0. The molecule has 0 saturated carbocycles. The van der Waals surface area contributed by atoms with Gasteiger partial charge in [0.1, 0.15) is 17.1 Å². The predicted molar refractivity (Wildman–Crippen MR) is 161 cm³/mol. The van der Waals surface area contributed by atoms with E-state index in [2.05, 4.69) is 0 Å². The molecule has 4 aromatic rings. The van der Waals surface area contributed by atoms with Crippen molar-refractivity contribution in [1.29, 1.82) is 0 Å². The summed E-state index contributed by atoms with van der Waals surface area (Å²) in [5, 5.41) is 9.80. The summed E-state index contributed by atoms with van der Waals surface area (Å²) in [6, 6.07) is 20.4. The molecule has 220 valence electrons. The molecule has 2 aromatic carbocycles. The quantitative estimate of drug-likeness (QED) is 0.304. The predicted octanol–water partition coefficient (Wildman–Crippen LogP) is 6.09. The van der Waals surface area contributed by atoms with Crippen LogP contribution in [0.1, 0.15) is 54.4 Å². The number of aromatic nitrogens is 1. The number of benzene rings is 2. The molecule has 0 aliphatic carbocycles. The maximum atomic E-state index is 14.6. The summed E-state index contributed by atoms with van der Waals surface area (Å²) in [5.41, 5.74) is 4.83. The molecule has 2 amide bonds. The molecule has 8 heteroatoms. The molecular weight excluding hydrogens is 533 g/mol. The van der Waals surface area contributed by atoms with E-state index in [0.29, 0.717) is 37.2 Å². The van der Waals surface area contributed by atoms with Crippen molar-refractivity contribution in [2.24, 2.45) is 0 Å². The van der Waals surface area contributed by atoms with Crippen LogP contribution < -0.4 is 0 Å². The number of piperazine rings is 1. The minimum Gasteiger partial charge on any atom is -0.444 e. The zero-order valence-corrected chi connectivity index (χ0v) is 24.6. The first kappa shape index (κ1) is 29.3. The fraction of sp³-hybridized carbons (Fsp3) is 0.353. The van der Waals surface area contributed by atoms with Crippen LogP contribution in [0.25, 0.3) is 16.6 Å². The van der Waals surface area contributed by atoms with Crippen molar-refractivity contribution in [3.63, 3.8) is 0 Å². The number of nitrogens with zero attached hydrogens (tertiary/aromatic N) is 3. The Labute approximate surface area is 246 Å². The Balaban J connectivity index is 1.59. The molecule has 1 aliphatic rings. The molecule has 1 aliphatic heterocycles. The van der Waals surface area contributed by atoms with Crippen molar-refractivity contribution >= 4 is 17.5 Å². The van der Waals surface area contributed by atoms with Gasteiger partial charge in [0.25, 0.3) is 5.91 Å². The van der Waals surface area contributed by atoms with Gasteiger partial charge in [0.05, 0.1) is 11.6 Å². The number of pyridine rings is 1. The number of aliphatic hydroxyl groups is 1. The van der Waals surface area contributed by atoms with Gasteiger partial charge in [-0.15, -0.1) is 0 Å². The van der Waals surface area contributed by atoms with E-state index in [1.54, 1.807) is 22.8 Å². The normalized spacial score (nSPS) is 15.7. The van der Waals surface area contributed by atoms with Gasteiger partial charge >= 0.3 is 6.09 Å². The largest absolute Gasteiger partial charge is 0.444 e. The first-order valence-corrected chi connectivity index (χ1v) is 14.4. The van der Waals surface area contributed by atoms with Gasteiger partial charge in [-0.2, -0.15) is 0 Å². The van der Waals surface area contributed by atoms with E-state index in [9.17, 15) is 19.1 Å². The standard InChI is InChI=1S/C34H38FN3O4/c1-23-25(13-10-14-28(23)35)21-27-30(24-11-6-5-7-12-24)29-15-8-9-17-38(29)31(27)32(40)36-18-19-37(26(22-36)16-20-39)33(41)42-34(2,3)4/h5-15,17,26,39H,16,18-22H2,1-4H3. The van der Waals surface area contributed by atoms with Gasteiger partial charge in [0, 0.05) is 44.4 Å². The van der Waals surface area contributed by atoms with E-state index in [0.717, 1.165) is 27.8 Å². The number of ether oxygens (including phenoxy) is 1. The van der Waals surface area contributed by atoms with E-state index in [-0.39, 0.29) is 24.9 Å². The number of fused-ring (bicyclic) bond motifs is 1. The molecule has 42 heavy (non-hydrogen) atoms. The highest BCUT2D eigenvalue weighted by atomic mass is 19.1. The number of halogens is 1. The average molecular weight is 572 g/mol. The van der Waals surface area contributed by atoms with Gasteiger partial charge in [0.2, 0.25) is 0 Å². The monoisotopic (exact) mass is 571 g/mol. The number of rotatable bonds is 6. The number of hydrogen-bond donors (Lipinski definition) is 1. The van der Waals surface area contributed by atoms with E-state index in [1.165, 1.54) is 6.07 Å². The van der Waals surface area contributed by atoms with Crippen LogP contribution in [0.2, 0.25) is 0 Å². The Kier molecular flexibility index (Phi) is 8.36. The summed E-state index contributed by atoms with van der Waals surface area (Å²) in [6.07, 6.45) is 2.13. The topological polar surface area (TPSA) is 74.5 Å². The van der Waals surface area contributed by atoms with E-state index in [4.69, 9.17) is 4.74 Å². The summed E-state index contributed by atoms with van der Waals surface area (Å²) >= 11 is 0. The number of amides is 2. The van der Waals surface area contributed by atoms with Gasteiger partial charge in [-0.3, -0.25) is 4.79 Å². The van der Waals surface area contributed by atoms with Crippen LogP contribution >= 0.6 is 0 Å². The molecule has 0 bridgehead atoms. The molecule has 0 radical (unpaired) electrons. The Morgan fingerprint density at radius 1 is 1.00 bits per heavy atom. The van der Waals surface area contributed by atoms with Crippen LogP contribution in [-0.4, -0.2) is 69.2 Å². The number of aliphatic hydroxyl groups excluding tert-OH is 1. The highest BCUT2D eigenvalue weighted by Gasteiger charge is 2.37. The molecule has 1 atom stereocenters. The first-order chi connectivity index (χ1) is 20.1. The van der Waals surface area contributed by atoms with Crippen molar-refractivity contribution in [3.05, 3.63) is 101 Å². The van der Waals surface area contributed by atoms with Crippen molar-refractivity contribution < 1.29 is 23.8 Å². The molecular formula is C34H38FN3O4. The number of hydrogen-bond acceptors (Lipinski definition) is 4. The molecule has 1 N–H and O–H groups in total. The van der Waals surface area contributed by atoms with Gasteiger partial charge in [-0.05, 0) is 74.6 Å². The van der Waals surface area contributed by atoms with Crippen molar-refractivity contribution in [2.45, 2.75) is 52.2 Å². The fourth-order valence-corrected chi connectivity index (χ4v) is 5.77. The lowest BCUT2D eigenvalue weighted by Gasteiger charge is -2.41. The highest BCUT2D eigenvalue weighted by Crippen LogP contribution is 2.36. The second-order valence-corrected chi connectivity index (χ2v) is 11.8. The zero-order valence-electron chi connectivity index (χ0n) is 24.6. The summed E-state index contributed by atoms with van der Waals surface area (Å²) < 4.78 is 22.2. The van der Waals surface area contributed by atoms with Gasteiger partial charge in [-0.25, -0.2) is 9.18 Å². The highest BCUT2D eigenvalue weighted by molar-refractivity contribution is 6.01. The number of carbonyl (C=O) groups is 2. The molecule has 1 saturated heterocycles. The molecule has 7 nitrogen and oxygen atoms in total. The Bertz CT molecular complexity index is 1590. The van der Waals surface area contributed by atoms with E-state index >= 15 is 0 Å². The molecule has 2 aromatic heterocycles. The maximum absolute atomic E-state index is 14.6. The summed E-state index contributed by atoms with van der Waals surface area (Å²) in [6.45, 7) is 7.96.